The Balaban J connectivity index is 0.956. The number of nitrogens with zero attached hydrogens (tertiary/aromatic N) is 1. The summed E-state index contributed by atoms with van der Waals surface area (Å²) < 4.78 is 0. The minimum atomic E-state index is -0.0805. The van der Waals surface area contributed by atoms with Crippen molar-refractivity contribution in [3.05, 3.63) is 35.5 Å². The van der Waals surface area contributed by atoms with Gasteiger partial charge in [-0.3, -0.25) is 4.79 Å². The first kappa shape index (κ1) is 22.0. The van der Waals surface area contributed by atoms with Crippen LogP contribution in [0.1, 0.15) is 74.8 Å². The Hall–Kier alpha value is -2.50. The van der Waals surface area contributed by atoms with E-state index < -0.39 is 0 Å². The third kappa shape index (κ3) is 4.20. The van der Waals surface area contributed by atoms with E-state index in [0.29, 0.717) is 18.9 Å². The fourth-order valence-electron chi connectivity index (χ4n) is 8.03. The lowest BCUT2D eigenvalue weighted by molar-refractivity contribution is -0.132. The fourth-order valence-corrected chi connectivity index (χ4v) is 8.03. The maximum atomic E-state index is 12.8. The summed E-state index contributed by atoms with van der Waals surface area (Å²) in [4.78, 5) is 30.8. The van der Waals surface area contributed by atoms with Gasteiger partial charge in [0.25, 0.3) is 0 Å². The van der Waals surface area contributed by atoms with Gasteiger partial charge in [-0.15, -0.1) is 0 Å². The minimum absolute atomic E-state index is 0.0197. The highest BCUT2D eigenvalue weighted by Crippen LogP contribution is 2.55. The normalized spacial score (nSPS) is 30.6. The van der Waals surface area contributed by atoms with Crippen LogP contribution in [-0.2, 0) is 4.79 Å². The molecule has 6 heteroatoms. The van der Waals surface area contributed by atoms with E-state index in [2.05, 4.69) is 46.9 Å². The lowest BCUT2D eigenvalue weighted by atomic mass is 9.53. The van der Waals surface area contributed by atoms with Crippen LogP contribution >= 0.6 is 0 Å². The molecule has 0 atom stereocenters. The number of carbonyl (C=O) groups is 2. The van der Waals surface area contributed by atoms with Gasteiger partial charge in [-0.2, -0.15) is 0 Å². The van der Waals surface area contributed by atoms with Gasteiger partial charge in [0.1, 0.15) is 0 Å². The summed E-state index contributed by atoms with van der Waals surface area (Å²) in [6, 6.07) is 6.51. The zero-order valence-electron chi connectivity index (χ0n) is 20.4. The second-order valence-corrected chi connectivity index (χ2v) is 11.8. The number of likely N-dealkylation sites (tertiary alicyclic amines) is 1. The number of rotatable bonds is 5. The van der Waals surface area contributed by atoms with Gasteiger partial charge >= 0.3 is 6.03 Å². The molecule has 182 valence electrons. The van der Waals surface area contributed by atoms with E-state index in [1.165, 1.54) is 41.3 Å². The van der Waals surface area contributed by atoms with Crippen LogP contribution in [0.4, 0.5) is 4.79 Å². The van der Waals surface area contributed by atoms with E-state index in [9.17, 15) is 9.59 Å². The number of piperidine rings is 1. The molecule has 4 aliphatic carbocycles. The third-order valence-corrected chi connectivity index (χ3v) is 9.20. The van der Waals surface area contributed by atoms with Crippen molar-refractivity contribution < 1.29 is 9.59 Å². The SMILES string of the molecule is Cc1ccc2c(C3CCN(C(=O)CCNC(=O)NC45CC6CC(CC(C6)C4)C5)CC3)c[nH]c2c1. The second-order valence-electron chi connectivity index (χ2n) is 11.8. The van der Waals surface area contributed by atoms with Crippen LogP contribution in [0.5, 0.6) is 0 Å². The maximum Gasteiger partial charge on any atom is 0.315 e. The predicted octanol–water partition coefficient (Wildman–Crippen LogP) is 4.84. The van der Waals surface area contributed by atoms with Gasteiger partial charge < -0.3 is 20.5 Å². The number of aromatic amines is 1. The number of benzene rings is 1. The van der Waals surface area contributed by atoms with Crippen LogP contribution in [0.25, 0.3) is 10.9 Å². The first-order valence-corrected chi connectivity index (χ1v) is 13.4. The van der Waals surface area contributed by atoms with Crippen LogP contribution in [-0.4, -0.2) is 47.0 Å². The number of aryl methyl sites for hydroxylation is 1. The number of H-pyrrole nitrogens is 1. The lowest BCUT2D eigenvalue weighted by Gasteiger charge is -2.56. The molecule has 1 aromatic carbocycles. The molecule has 0 spiro atoms. The summed E-state index contributed by atoms with van der Waals surface area (Å²) in [5.41, 5.74) is 3.87. The standard InChI is InChI=1S/C28H38N4O2/c1-18-2-3-23-24(17-30-25(23)10-18)22-5-8-32(9-6-22)26(33)4-7-29-27(34)31-28-14-19-11-20(15-28)13-21(12-19)16-28/h2-3,10,17,19-22,30H,4-9,11-16H2,1H3,(H2,29,31,34). The molecule has 6 nitrogen and oxygen atoms in total. The fraction of sp³-hybridized carbons (Fsp3) is 0.643. The van der Waals surface area contributed by atoms with Crippen LogP contribution < -0.4 is 10.6 Å². The van der Waals surface area contributed by atoms with Crippen molar-refractivity contribution in [3.63, 3.8) is 0 Å². The van der Waals surface area contributed by atoms with Crippen molar-refractivity contribution in [3.8, 4) is 0 Å². The number of amides is 3. The summed E-state index contributed by atoms with van der Waals surface area (Å²) in [7, 11) is 0. The Morgan fingerprint density at radius 3 is 2.41 bits per heavy atom. The molecule has 5 aliphatic rings. The first-order valence-electron chi connectivity index (χ1n) is 13.4. The highest BCUT2D eigenvalue weighted by molar-refractivity contribution is 5.84. The first-order chi connectivity index (χ1) is 16.5. The van der Waals surface area contributed by atoms with Gasteiger partial charge in [0.15, 0.2) is 0 Å². The number of urea groups is 1. The number of aromatic nitrogens is 1. The molecule has 2 aromatic rings. The molecule has 4 saturated carbocycles. The predicted molar refractivity (Wildman–Crippen MR) is 134 cm³/mol. The number of fused-ring (bicyclic) bond motifs is 1. The van der Waals surface area contributed by atoms with Crippen molar-refractivity contribution in [2.45, 2.75) is 76.2 Å². The molecule has 3 amide bonds. The van der Waals surface area contributed by atoms with Gasteiger partial charge in [-0.25, -0.2) is 4.79 Å². The molecule has 7 rings (SSSR count). The monoisotopic (exact) mass is 462 g/mol. The van der Waals surface area contributed by atoms with Crippen molar-refractivity contribution in [2.24, 2.45) is 17.8 Å². The molecule has 34 heavy (non-hydrogen) atoms. The molecular weight excluding hydrogens is 424 g/mol. The smallest absolute Gasteiger partial charge is 0.315 e. The van der Waals surface area contributed by atoms with Gasteiger partial charge in [0, 0.05) is 48.7 Å². The summed E-state index contributed by atoms with van der Waals surface area (Å²) in [5.74, 6) is 3.08. The molecule has 2 heterocycles. The average Bonchev–Trinajstić information content (AvgIpc) is 3.21. The molecule has 5 fully saturated rings. The Bertz CT molecular complexity index is 1050. The molecule has 1 aromatic heterocycles. The molecule has 3 N–H and O–H groups in total. The summed E-state index contributed by atoms with van der Waals surface area (Å²) >= 11 is 0. The Morgan fingerprint density at radius 2 is 1.74 bits per heavy atom. The number of carbonyl (C=O) groups excluding carboxylic acids is 2. The molecular formula is C28H38N4O2. The highest BCUT2D eigenvalue weighted by atomic mass is 16.2. The van der Waals surface area contributed by atoms with Crippen molar-refractivity contribution >= 4 is 22.8 Å². The molecule has 1 aliphatic heterocycles. The van der Waals surface area contributed by atoms with E-state index in [4.69, 9.17) is 0 Å². The molecule has 1 saturated heterocycles. The average molecular weight is 463 g/mol. The molecule has 4 bridgehead atoms. The largest absolute Gasteiger partial charge is 0.361 e. The van der Waals surface area contributed by atoms with Crippen LogP contribution in [0.15, 0.2) is 24.4 Å². The van der Waals surface area contributed by atoms with Gasteiger partial charge in [0.2, 0.25) is 5.91 Å². The number of nitrogens with one attached hydrogen (secondary N) is 3. The van der Waals surface area contributed by atoms with E-state index in [1.807, 2.05) is 4.90 Å². The summed E-state index contributed by atoms with van der Waals surface area (Å²) in [5, 5.41) is 7.63. The molecule has 0 radical (unpaired) electrons. The number of hydrogen-bond donors (Lipinski definition) is 3. The van der Waals surface area contributed by atoms with Crippen molar-refractivity contribution in [2.75, 3.05) is 19.6 Å². The van der Waals surface area contributed by atoms with Crippen LogP contribution in [0.2, 0.25) is 0 Å². The van der Waals surface area contributed by atoms with Crippen molar-refractivity contribution in [1.82, 2.24) is 20.5 Å². The van der Waals surface area contributed by atoms with Crippen LogP contribution in [0, 0.1) is 24.7 Å². The van der Waals surface area contributed by atoms with E-state index in [0.717, 1.165) is 62.9 Å². The second kappa shape index (κ2) is 8.62. The zero-order chi connectivity index (χ0) is 23.3. The van der Waals surface area contributed by atoms with Gasteiger partial charge in [-0.1, -0.05) is 12.1 Å². The Labute approximate surface area is 202 Å². The maximum absolute atomic E-state index is 12.8. The summed E-state index contributed by atoms with van der Waals surface area (Å²) in [6.45, 7) is 4.12. The van der Waals surface area contributed by atoms with E-state index >= 15 is 0 Å². The quantitative estimate of drug-likeness (QED) is 0.595. The third-order valence-electron chi connectivity index (χ3n) is 9.20. The molecule has 0 unspecified atom stereocenters. The number of hydrogen-bond acceptors (Lipinski definition) is 2. The minimum Gasteiger partial charge on any atom is -0.361 e. The topological polar surface area (TPSA) is 77.2 Å². The zero-order valence-corrected chi connectivity index (χ0v) is 20.4. The van der Waals surface area contributed by atoms with Gasteiger partial charge in [0.05, 0.1) is 0 Å². The van der Waals surface area contributed by atoms with Crippen LogP contribution in [0.3, 0.4) is 0 Å². The van der Waals surface area contributed by atoms with E-state index in [1.54, 1.807) is 0 Å². The van der Waals surface area contributed by atoms with Crippen molar-refractivity contribution in [1.29, 1.82) is 0 Å². The Kier molecular flexibility index (Phi) is 5.57. The van der Waals surface area contributed by atoms with Gasteiger partial charge in [-0.05, 0) is 99.2 Å². The highest BCUT2D eigenvalue weighted by Gasteiger charge is 2.51. The van der Waals surface area contributed by atoms with E-state index in [-0.39, 0.29) is 17.5 Å². The summed E-state index contributed by atoms with van der Waals surface area (Å²) in [6.07, 6.45) is 12.1. The lowest BCUT2D eigenvalue weighted by Crippen LogP contribution is -2.61. The Morgan fingerprint density at radius 1 is 1.06 bits per heavy atom.